The third-order valence-corrected chi connectivity index (χ3v) is 3.75. The van der Waals surface area contributed by atoms with Gasteiger partial charge in [-0.2, -0.15) is 0 Å². The van der Waals surface area contributed by atoms with E-state index in [4.69, 9.17) is 0 Å². The molecule has 0 saturated heterocycles. The quantitative estimate of drug-likeness (QED) is 0.735. The summed E-state index contributed by atoms with van der Waals surface area (Å²) in [6.45, 7) is 6.36. The number of Topliss-reactive ketones (excluding diaryl/α,β-unsaturated/α-hetero) is 1. The maximum absolute atomic E-state index is 12.7. The molecule has 2 rings (SSSR count). The number of H-pyrrole nitrogens is 1. The Bertz CT molecular complexity index is 562. The van der Waals surface area contributed by atoms with Crippen LogP contribution in [0.15, 0.2) is 24.4 Å². The lowest BCUT2D eigenvalue weighted by Crippen LogP contribution is -2.14. The molecule has 0 amide bonds. The monoisotopic (exact) mass is 257 g/mol. The molecule has 2 heteroatoms. The summed E-state index contributed by atoms with van der Waals surface area (Å²) in [6, 6.07) is 6.23. The number of fused-ring (bicyclic) bond motifs is 1. The first kappa shape index (κ1) is 13.9. The molecule has 0 aliphatic heterocycles. The van der Waals surface area contributed by atoms with Crippen LogP contribution in [0.3, 0.4) is 0 Å². The number of carbonyl (C=O) groups is 1. The van der Waals surface area contributed by atoms with Crippen molar-refractivity contribution in [2.45, 2.75) is 46.5 Å². The van der Waals surface area contributed by atoms with E-state index < -0.39 is 0 Å². The second kappa shape index (κ2) is 6.05. The lowest BCUT2D eigenvalue weighted by molar-refractivity contribution is 0.0906. The Kier molecular flexibility index (Phi) is 4.41. The first-order valence-corrected chi connectivity index (χ1v) is 7.29. The second-order valence-electron chi connectivity index (χ2n) is 5.39. The second-order valence-corrected chi connectivity index (χ2v) is 5.39. The maximum atomic E-state index is 12.7. The van der Waals surface area contributed by atoms with Gasteiger partial charge in [-0.15, -0.1) is 0 Å². The van der Waals surface area contributed by atoms with E-state index in [0.29, 0.717) is 5.78 Å². The lowest BCUT2D eigenvalue weighted by Gasteiger charge is -2.13. The zero-order chi connectivity index (χ0) is 13.8. The number of hydrogen-bond donors (Lipinski definition) is 1. The molecule has 0 saturated carbocycles. The van der Waals surface area contributed by atoms with Gasteiger partial charge in [-0.1, -0.05) is 38.8 Å². The molecular formula is C17H23NO. The Hall–Kier alpha value is -1.57. The van der Waals surface area contributed by atoms with Gasteiger partial charge in [0.25, 0.3) is 0 Å². The van der Waals surface area contributed by atoms with Crippen molar-refractivity contribution in [2.75, 3.05) is 0 Å². The molecular weight excluding hydrogens is 234 g/mol. The van der Waals surface area contributed by atoms with Gasteiger partial charge < -0.3 is 4.98 Å². The lowest BCUT2D eigenvalue weighted by atomic mass is 9.89. The molecule has 0 aliphatic carbocycles. The molecule has 1 heterocycles. The van der Waals surface area contributed by atoms with Crippen LogP contribution in [0.25, 0.3) is 10.9 Å². The number of ketones is 1. The minimum Gasteiger partial charge on any atom is -0.360 e. The molecule has 0 atom stereocenters. The van der Waals surface area contributed by atoms with Crippen LogP contribution in [0.1, 0.15) is 55.5 Å². The van der Waals surface area contributed by atoms with Crippen LogP contribution in [0.2, 0.25) is 0 Å². The minimum absolute atomic E-state index is 0.176. The molecule has 0 unspecified atom stereocenters. The predicted molar refractivity (Wildman–Crippen MR) is 80.7 cm³/mol. The summed E-state index contributed by atoms with van der Waals surface area (Å²) in [6.07, 6.45) is 6.00. The van der Waals surface area contributed by atoms with E-state index in [0.717, 1.165) is 42.1 Å². The van der Waals surface area contributed by atoms with Crippen LogP contribution < -0.4 is 0 Å². The molecule has 2 nitrogen and oxygen atoms in total. The van der Waals surface area contributed by atoms with Gasteiger partial charge >= 0.3 is 0 Å². The van der Waals surface area contributed by atoms with Crippen molar-refractivity contribution < 1.29 is 4.79 Å². The minimum atomic E-state index is 0.176. The van der Waals surface area contributed by atoms with Crippen LogP contribution in [0.5, 0.6) is 0 Å². The van der Waals surface area contributed by atoms with Crippen LogP contribution in [-0.4, -0.2) is 10.8 Å². The van der Waals surface area contributed by atoms with Crippen LogP contribution in [0.4, 0.5) is 0 Å². The summed E-state index contributed by atoms with van der Waals surface area (Å²) < 4.78 is 0. The van der Waals surface area contributed by atoms with Crippen LogP contribution >= 0.6 is 0 Å². The van der Waals surface area contributed by atoms with Crippen LogP contribution in [-0.2, 0) is 0 Å². The van der Waals surface area contributed by atoms with Gasteiger partial charge in [0.05, 0.1) is 0 Å². The largest absolute Gasteiger partial charge is 0.360 e. The van der Waals surface area contributed by atoms with Crippen molar-refractivity contribution in [3.63, 3.8) is 0 Å². The molecule has 0 radical (unpaired) electrons. The number of aromatic nitrogens is 1. The number of rotatable bonds is 6. The summed E-state index contributed by atoms with van der Waals surface area (Å²) >= 11 is 0. The highest BCUT2D eigenvalue weighted by atomic mass is 16.1. The highest BCUT2D eigenvalue weighted by Crippen LogP contribution is 2.25. The average Bonchev–Trinajstić information content (AvgIpc) is 2.80. The topological polar surface area (TPSA) is 32.9 Å². The zero-order valence-corrected chi connectivity index (χ0v) is 12.1. The van der Waals surface area contributed by atoms with Gasteiger partial charge in [0.15, 0.2) is 5.78 Å². The number of carbonyl (C=O) groups excluding carboxylic acids is 1. The molecule has 0 bridgehead atoms. The van der Waals surface area contributed by atoms with Crippen molar-refractivity contribution in [1.82, 2.24) is 4.98 Å². The molecule has 1 aromatic carbocycles. The van der Waals surface area contributed by atoms with Gasteiger partial charge in [0.2, 0.25) is 0 Å². The molecule has 19 heavy (non-hydrogen) atoms. The normalized spacial score (nSPS) is 11.4. The van der Waals surface area contributed by atoms with E-state index >= 15 is 0 Å². The summed E-state index contributed by atoms with van der Waals surface area (Å²) in [5, 5.41) is 1.06. The molecule has 0 fully saturated rings. The van der Waals surface area contributed by atoms with Gasteiger partial charge in [0.1, 0.15) is 0 Å². The summed E-state index contributed by atoms with van der Waals surface area (Å²) in [5.74, 6) is 0.481. The molecule has 0 aliphatic rings. The highest BCUT2D eigenvalue weighted by molar-refractivity contribution is 6.08. The fraction of sp³-hybridized carbons (Fsp3) is 0.471. The van der Waals surface area contributed by atoms with Gasteiger partial charge in [-0.3, -0.25) is 4.79 Å². The van der Waals surface area contributed by atoms with Crippen molar-refractivity contribution in [2.24, 2.45) is 5.92 Å². The molecule has 102 valence electrons. The highest BCUT2D eigenvalue weighted by Gasteiger charge is 2.21. The standard InChI is InChI=1S/C17H23NO/c1-4-6-13(7-5-2)17(19)15-11-18-16-10-12(3)8-9-14(15)16/h8-11,13,18H,4-7H2,1-3H3. The van der Waals surface area contributed by atoms with Crippen LogP contribution in [0, 0.1) is 12.8 Å². The fourth-order valence-electron chi connectivity index (χ4n) is 2.77. The number of benzene rings is 1. The van der Waals surface area contributed by atoms with Crippen molar-refractivity contribution in [3.05, 3.63) is 35.5 Å². The average molecular weight is 257 g/mol. The number of aromatic amines is 1. The van der Waals surface area contributed by atoms with Gasteiger partial charge in [-0.25, -0.2) is 0 Å². The molecule has 2 aromatic rings. The Balaban J connectivity index is 2.34. The van der Waals surface area contributed by atoms with E-state index in [1.807, 2.05) is 6.20 Å². The molecule has 1 aromatic heterocycles. The zero-order valence-electron chi connectivity index (χ0n) is 12.1. The smallest absolute Gasteiger partial charge is 0.168 e. The molecule has 1 N–H and O–H groups in total. The summed E-state index contributed by atoms with van der Waals surface area (Å²) in [4.78, 5) is 15.9. The summed E-state index contributed by atoms with van der Waals surface area (Å²) in [5.41, 5.74) is 3.14. The first-order valence-electron chi connectivity index (χ1n) is 7.29. The Morgan fingerprint density at radius 1 is 1.21 bits per heavy atom. The number of nitrogens with one attached hydrogen (secondary N) is 1. The first-order chi connectivity index (χ1) is 9.17. The van der Waals surface area contributed by atoms with Crippen molar-refractivity contribution in [1.29, 1.82) is 0 Å². The SMILES string of the molecule is CCCC(CCC)C(=O)c1c[nH]c2cc(C)ccc12. The fourth-order valence-corrected chi connectivity index (χ4v) is 2.77. The third-order valence-electron chi connectivity index (χ3n) is 3.75. The van der Waals surface area contributed by atoms with Crippen molar-refractivity contribution in [3.8, 4) is 0 Å². The summed E-state index contributed by atoms with van der Waals surface area (Å²) in [7, 11) is 0. The Labute approximate surface area is 115 Å². The maximum Gasteiger partial charge on any atom is 0.168 e. The number of aryl methyl sites for hydroxylation is 1. The third kappa shape index (κ3) is 2.89. The Morgan fingerprint density at radius 3 is 2.53 bits per heavy atom. The van der Waals surface area contributed by atoms with E-state index in [1.165, 1.54) is 5.56 Å². The molecule has 0 spiro atoms. The van der Waals surface area contributed by atoms with Gasteiger partial charge in [-0.05, 0) is 31.4 Å². The van der Waals surface area contributed by atoms with E-state index in [-0.39, 0.29) is 5.92 Å². The van der Waals surface area contributed by atoms with E-state index in [2.05, 4.69) is 44.0 Å². The number of hydrogen-bond acceptors (Lipinski definition) is 1. The Morgan fingerprint density at radius 2 is 1.89 bits per heavy atom. The van der Waals surface area contributed by atoms with E-state index in [1.54, 1.807) is 0 Å². The predicted octanol–water partition coefficient (Wildman–Crippen LogP) is 4.88. The van der Waals surface area contributed by atoms with Gasteiger partial charge in [0, 0.05) is 28.6 Å². The van der Waals surface area contributed by atoms with E-state index in [9.17, 15) is 4.79 Å². The van der Waals surface area contributed by atoms with Crippen molar-refractivity contribution >= 4 is 16.7 Å².